The van der Waals surface area contributed by atoms with Crippen molar-refractivity contribution in [2.24, 2.45) is 0 Å². The second kappa shape index (κ2) is 3.69. The Morgan fingerprint density at radius 2 is 1.00 bits per heavy atom. The number of halogens is 10. The molecule has 0 unspecified atom stereocenters. The maximum Gasteiger partial charge on any atom is 0.371 e. The van der Waals surface area contributed by atoms with Crippen LogP contribution in [0.3, 0.4) is 0 Å². The molecule has 20 heavy (non-hydrogen) atoms. The van der Waals surface area contributed by atoms with Crippen molar-refractivity contribution in [3.8, 4) is 0 Å². The lowest BCUT2D eigenvalue weighted by molar-refractivity contribution is -0.413. The van der Waals surface area contributed by atoms with Gasteiger partial charge < -0.3 is 0 Å². The monoisotopic (exact) mass is 344 g/mol. The van der Waals surface area contributed by atoms with E-state index in [9.17, 15) is 52.3 Å². The van der Waals surface area contributed by atoms with Crippen molar-refractivity contribution in [3.63, 3.8) is 0 Å². The predicted molar refractivity (Wildman–Crippen MR) is 40.1 cm³/mol. The molecular formula is C6H2F10O3S. The van der Waals surface area contributed by atoms with Crippen LogP contribution in [0.5, 0.6) is 0 Å². The Labute approximate surface area is 103 Å². The second-order valence-corrected chi connectivity index (χ2v) is 5.34. The van der Waals surface area contributed by atoms with Gasteiger partial charge in [0.25, 0.3) is 0 Å². The van der Waals surface area contributed by atoms with Gasteiger partial charge in [-0.15, -0.1) is 0 Å². The summed E-state index contributed by atoms with van der Waals surface area (Å²) in [5, 5.41) is -7.12. The first-order valence-corrected chi connectivity index (χ1v) is 5.66. The van der Waals surface area contributed by atoms with Gasteiger partial charge in [0.05, 0.1) is 0 Å². The molecule has 14 heteroatoms. The Hall–Kier alpha value is -0.790. The summed E-state index contributed by atoms with van der Waals surface area (Å²) >= 11 is 0. The third-order valence-electron chi connectivity index (χ3n) is 2.64. The minimum atomic E-state index is -7.50. The molecule has 0 aliphatic heterocycles. The minimum absolute atomic E-state index is 5.59. The SMILES string of the molecule is O=S(=O)(O)C1(F)C(F)(F)C(F)(F)C(F)C(F)(F)C1(F)F. The van der Waals surface area contributed by atoms with Crippen molar-refractivity contribution in [1.29, 1.82) is 0 Å². The van der Waals surface area contributed by atoms with Crippen LogP contribution in [-0.4, -0.2) is 47.8 Å². The van der Waals surface area contributed by atoms with Gasteiger partial charge in [-0.2, -0.15) is 43.5 Å². The maximum atomic E-state index is 13.3. The zero-order valence-electron chi connectivity index (χ0n) is 8.53. The zero-order valence-corrected chi connectivity index (χ0v) is 9.35. The lowest BCUT2D eigenvalue weighted by Crippen LogP contribution is -2.82. The Balaban J connectivity index is 3.90. The van der Waals surface area contributed by atoms with E-state index in [0.717, 1.165) is 0 Å². The van der Waals surface area contributed by atoms with Crippen LogP contribution in [0.1, 0.15) is 0 Å². The largest absolute Gasteiger partial charge is 0.371 e. The van der Waals surface area contributed by atoms with E-state index in [1.54, 1.807) is 0 Å². The molecule has 120 valence electrons. The first kappa shape index (κ1) is 17.3. The summed E-state index contributed by atoms with van der Waals surface area (Å²) in [7, 11) is -7.50. The van der Waals surface area contributed by atoms with Crippen LogP contribution in [-0.2, 0) is 10.1 Å². The van der Waals surface area contributed by atoms with Crippen molar-refractivity contribution in [2.75, 3.05) is 0 Å². The van der Waals surface area contributed by atoms with Gasteiger partial charge in [-0.3, -0.25) is 4.55 Å². The molecule has 1 rings (SSSR count). The van der Waals surface area contributed by atoms with Crippen LogP contribution in [0.25, 0.3) is 0 Å². The van der Waals surface area contributed by atoms with Gasteiger partial charge in [-0.05, 0) is 0 Å². The van der Waals surface area contributed by atoms with Gasteiger partial charge in [-0.25, -0.2) is 8.78 Å². The molecule has 0 heterocycles. The van der Waals surface area contributed by atoms with Gasteiger partial charge in [0.15, 0.2) is 0 Å². The summed E-state index contributed by atoms with van der Waals surface area (Å²) in [6.45, 7) is 0. The maximum absolute atomic E-state index is 13.3. The highest BCUT2D eigenvalue weighted by Crippen LogP contribution is 2.66. The van der Waals surface area contributed by atoms with Gasteiger partial charge in [0.1, 0.15) is 0 Å². The Morgan fingerprint density at radius 1 is 0.750 bits per heavy atom. The van der Waals surface area contributed by atoms with Crippen molar-refractivity contribution >= 4 is 10.1 Å². The third kappa shape index (κ3) is 1.43. The molecule has 1 aliphatic rings. The summed E-state index contributed by atoms with van der Waals surface area (Å²) in [4.78, 5) is 0. The molecule has 1 aliphatic carbocycles. The molecule has 0 amide bonds. The molecule has 1 fully saturated rings. The molecule has 0 aromatic heterocycles. The van der Waals surface area contributed by atoms with E-state index in [4.69, 9.17) is 4.55 Å². The summed E-state index contributed by atoms with van der Waals surface area (Å²) in [6, 6.07) is 0. The molecule has 1 saturated carbocycles. The Kier molecular flexibility index (Phi) is 3.19. The van der Waals surface area contributed by atoms with Crippen LogP contribution < -0.4 is 0 Å². The molecule has 0 aromatic carbocycles. The topological polar surface area (TPSA) is 54.4 Å². The number of rotatable bonds is 1. The number of alkyl halides is 10. The van der Waals surface area contributed by atoms with Crippen LogP contribution in [0.2, 0.25) is 0 Å². The standard InChI is InChI=1S/C6H2F10O3S/c7-1-2(8,9)4(12,13)6(16,20(17,18)19)5(14,15)3(1,10)11/h1H,(H,17,18,19). The van der Waals surface area contributed by atoms with Gasteiger partial charge in [0.2, 0.25) is 6.17 Å². The average molecular weight is 344 g/mol. The Bertz CT molecular complexity index is 497. The number of hydrogen-bond donors (Lipinski definition) is 1. The van der Waals surface area contributed by atoms with Crippen LogP contribution in [0.4, 0.5) is 43.9 Å². The molecule has 0 spiro atoms. The second-order valence-electron chi connectivity index (χ2n) is 3.83. The quantitative estimate of drug-likeness (QED) is 0.587. The molecule has 3 nitrogen and oxygen atoms in total. The van der Waals surface area contributed by atoms with Crippen LogP contribution in [0, 0.1) is 0 Å². The van der Waals surface area contributed by atoms with E-state index in [-0.39, 0.29) is 0 Å². The van der Waals surface area contributed by atoms with Crippen LogP contribution in [0.15, 0.2) is 0 Å². The fourth-order valence-electron chi connectivity index (χ4n) is 1.50. The van der Waals surface area contributed by atoms with Crippen molar-refractivity contribution in [1.82, 2.24) is 0 Å². The summed E-state index contributed by atoms with van der Waals surface area (Å²) in [6.07, 6.45) is -5.59. The predicted octanol–water partition coefficient (Wildman–Crippen LogP) is 2.43. The highest BCUT2D eigenvalue weighted by Gasteiger charge is 2.98. The molecule has 0 radical (unpaired) electrons. The van der Waals surface area contributed by atoms with Crippen LogP contribution >= 0.6 is 0 Å². The van der Waals surface area contributed by atoms with Gasteiger partial charge >= 0.3 is 38.8 Å². The van der Waals surface area contributed by atoms with E-state index in [2.05, 4.69) is 0 Å². The molecule has 0 bridgehead atoms. The lowest BCUT2D eigenvalue weighted by atomic mass is 9.82. The normalized spacial score (nSPS) is 38.5. The van der Waals surface area contributed by atoms with Gasteiger partial charge in [0, 0.05) is 0 Å². The summed E-state index contributed by atoms with van der Waals surface area (Å²) < 4.78 is 157. The van der Waals surface area contributed by atoms with E-state index >= 15 is 0 Å². The van der Waals surface area contributed by atoms with E-state index in [1.165, 1.54) is 0 Å². The fourth-order valence-corrected chi connectivity index (χ4v) is 2.42. The fraction of sp³-hybridized carbons (Fsp3) is 1.00. The molecule has 1 N–H and O–H groups in total. The van der Waals surface area contributed by atoms with Crippen molar-refractivity contribution < 1.29 is 56.9 Å². The molecule has 0 aromatic rings. The number of hydrogen-bond acceptors (Lipinski definition) is 2. The summed E-state index contributed by atoms with van der Waals surface area (Å²) in [5.41, 5.74) is 0. The van der Waals surface area contributed by atoms with Crippen molar-refractivity contribution in [3.05, 3.63) is 0 Å². The molecule has 0 atom stereocenters. The zero-order chi connectivity index (χ0) is 16.6. The van der Waals surface area contributed by atoms with Gasteiger partial charge in [-0.1, -0.05) is 0 Å². The third-order valence-corrected chi connectivity index (χ3v) is 3.86. The highest BCUT2D eigenvalue weighted by molar-refractivity contribution is 7.87. The smallest absolute Gasteiger partial charge is 0.283 e. The van der Waals surface area contributed by atoms with E-state index in [1.807, 2.05) is 0 Å². The van der Waals surface area contributed by atoms with E-state index in [0.29, 0.717) is 0 Å². The van der Waals surface area contributed by atoms with Crippen molar-refractivity contribution in [2.45, 2.75) is 34.9 Å². The minimum Gasteiger partial charge on any atom is -0.283 e. The summed E-state index contributed by atoms with van der Waals surface area (Å²) in [5.74, 6) is -28.0. The first-order valence-electron chi connectivity index (χ1n) is 4.22. The molecular weight excluding hydrogens is 342 g/mol. The Morgan fingerprint density at radius 3 is 1.20 bits per heavy atom. The van der Waals surface area contributed by atoms with E-state index < -0.39 is 45.0 Å². The average Bonchev–Trinajstić information content (AvgIpc) is 2.22. The first-order chi connectivity index (χ1) is 8.40. The highest BCUT2D eigenvalue weighted by atomic mass is 32.2. The molecule has 0 saturated heterocycles. The lowest BCUT2D eigenvalue weighted by Gasteiger charge is -2.48.